The highest BCUT2D eigenvalue weighted by molar-refractivity contribution is 6.33. The molecule has 0 saturated carbocycles. The lowest BCUT2D eigenvalue weighted by molar-refractivity contribution is 0.0742. The molecule has 2 unspecified atom stereocenters. The number of nitrogens with zero attached hydrogens (tertiary/aromatic N) is 2. The number of halogens is 1. The number of aromatic nitrogens is 2. The van der Waals surface area contributed by atoms with Crippen molar-refractivity contribution in [3.8, 4) is 11.3 Å². The zero-order valence-corrected chi connectivity index (χ0v) is 13.5. The molecule has 2 bridgehead atoms. The first-order valence-corrected chi connectivity index (χ1v) is 8.44. The molecule has 0 radical (unpaired) electrons. The van der Waals surface area contributed by atoms with Gasteiger partial charge in [0.25, 0.3) is 5.91 Å². The van der Waals surface area contributed by atoms with Gasteiger partial charge in [0.15, 0.2) is 0 Å². The van der Waals surface area contributed by atoms with Crippen LogP contribution >= 0.6 is 11.6 Å². The van der Waals surface area contributed by atoms with Crippen LogP contribution in [0.2, 0.25) is 5.02 Å². The largest absolute Gasteiger partial charge is 0.336 e. The Morgan fingerprint density at radius 2 is 2.04 bits per heavy atom. The van der Waals surface area contributed by atoms with Gasteiger partial charge in [0.05, 0.1) is 10.7 Å². The molecule has 1 amide bonds. The molecule has 2 atom stereocenters. The molecule has 2 saturated heterocycles. The van der Waals surface area contributed by atoms with E-state index in [1.165, 1.54) is 6.42 Å². The smallest absolute Gasteiger partial charge is 0.271 e. The van der Waals surface area contributed by atoms with Gasteiger partial charge in [-0.1, -0.05) is 29.8 Å². The van der Waals surface area contributed by atoms with Gasteiger partial charge in [0, 0.05) is 30.7 Å². The van der Waals surface area contributed by atoms with Crippen molar-refractivity contribution in [3.05, 3.63) is 41.0 Å². The van der Waals surface area contributed by atoms with E-state index in [0.717, 1.165) is 31.5 Å². The Bertz CT molecular complexity index is 729. The van der Waals surface area contributed by atoms with Crippen molar-refractivity contribution in [2.45, 2.75) is 31.3 Å². The minimum absolute atomic E-state index is 0.0187. The van der Waals surface area contributed by atoms with Crippen molar-refractivity contribution < 1.29 is 4.79 Å². The van der Waals surface area contributed by atoms with E-state index in [0.29, 0.717) is 28.5 Å². The van der Waals surface area contributed by atoms with E-state index in [9.17, 15) is 4.79 Å². The van der Waals surface area contributed by atoms with Gasteiger partial charge in [0.2, 0.25) is 0 Å². The Hall–Kier alpha value is -1.85. The van der Waals surface area contributed by atoms with Crippen molar-refractivity contribution in [1.29, 1.82) is 0 Å². The normalized spacial score (nSPS) is 23.8. The average Bonchev–Trinajstić information content (AvgIpc) is 3.14. The molecule has 2 aliphatic heterocycles. The molecule has 2 fully saturated rings. The molecular formula is C17H19ClN4O. The minimum Gasteiger partial charge on any atom is -0.336 e. The Morgan fingerprint density at radius 1 is 1.22 bits per heavy atom. The molecule has 5 nitrogen and oxygen atoms in total. The molecule has 2 N–H and O–H groups in total. The number of hydrogen-bond donors (Lipinski definition) is 2. The zero-order valence-electron chi connectivity index (χ0n) is 12.8. The quantitative estimate of drug-likeness (QED) is 0.890. The van der Waals surface area contributed by atoms with Crippen LogP contribution in [-0.4, -0.2) is 46.2 Å². The number of amides is 1. The first-order chi connectivity index (χ1) is 11.2. The predicted molar refractivity (Wildman–Crippen MR) is 89.5 cm³/mol. The first kappa shape index (κ1) is 14.7. The lowest BCUT2D eigenvalue weighted by Crippen LogP contribution is -2.39. The van der Waals surface area contributed by atoms with Gasteiger partial charge in [-0.3, -0.25) is 9.89 Å². The number of H-pyrrole nitrogens is 1. The van der Waals surface area contributed by atoms with Crippen LogP contribution in [0.4, 0.5) is 0 Å². The van der Waals surface area contributed by atoms with Crippen LogP contribution in [0, 0.1) is 0 Å². The number of aromatic amines is 1. The summed E-state index contributed by atoms with van der Waals surface area (Å²) in [6, 6.07) is 10.3. The van der Waals surface area contributed by atoms with Crippen molar-refractivity contribution >= 4 is 17.5 Å². The van der Waals surface area contributed by atoms with Crippen LogP contribution < -0.4 is 5.32 Å². The third-order valence-corrected chi connectivity index (χ3v) is 5.10. The Kier molecular flexibility index (Phi) is 3.83. The minimum atomic E-state index is 0.0187. The topological polar surface area (TPSA) is 61.0 Å². The number of hydrogen-bond acceptors (Lipinski definition) is 3. The molecule has 23 heavy (non-hydrogen) atoms. The van der Waals surface area contributed by atoms with E-state index < -0.39 is 0 Å². The SMILES string of the molecule is O=C(c1cc(-c2ccccc2Cl)n[nH]1)N1CCC2CCC(C1)N2. The summed E-state index contributed by atoms with van der Waals surface area (Å²) in [6.45, 7) is 1.57. The summed E-state index contributed by atoms with van der Waals surface area (Å²) < 4.78 is 0. The summed E-state index contributed by atoms with van der Waals surface area (Å²) in [5, 5.41) is 11.4. The highest BCUT2D eigenvalue weighted by Crippen LogP contribution is 2.27. The van der Waals surface area contributed by atoms with Gasteiger partial charge in [-0.2, -0.15) is 5.10 Å². The van der Waals surface area contributed by atoms with E-state index in [1.807, 2.05) is 29.2 Å². The summed E-state index contributed by atoms with van der Waals surface area (Å²) in [5.41, 5.74) is 2.06. The van der Waals surface area contributed by atoms with Crippen LogP contribution in [0.5, 0.6) is 0 Å². The van der Waals surface area contributed by atoms with Gasteiger partial charge in [-0.05, 0) is 31.4 Å². The van der Waals surface area contributed by atoms with E-state index in [4.69, 9.17) is 11.6 Å². The monoisotopic (exact) mass is 330 g/mol. The second-order valence-corrected chi connectivity index (χ2v) is 6.73. The van der Waals surface area contributed by atoms with Crippen molar-refractivity contribution in [2.24, 2.45) is 0 Å². The van der Waals surface area contributed by atoms with Crippen molar-refractivity contribution in [2.75, 3.05) is 13.1 Å². The fourth-order valence-corrected chi connectivity index (χ4v) is 3.77. The van der Waals surface area contributed by atoms with Gasteiger partial charge < -0.3 is 10.2 Å². The maximum atomic E-state index is 12.8. The van der Waals surface area contributed by atoms with Crippen molar-refractivity contribution in [1.82, 2.24) is 20.4 Å². The maximum absolute atomic E-state index is 12.8. The van der Waals surface area contributed by atoms with Gasteiger partial charge in [-0.25, -0.2) is 0 Å². The Morgan fingerprint density at radius 3 is 2.91 bits per heavy atom. The fraction of sp³-hybridized carbons (Fsp3) is 0.412. The third-order valence-electron chi connectivity index (χ3n) is 4.77. The molecule has 0 aliphatic carbocycles. The molecule has 120 valence electrons. The molecule has 3 heterocycles. The predicted octanol–water partition coefficient (Wildman–Crippen LogP) is 2.70. The summed E-state index contributed by atoms with van der Waals surface area (Å²) in [6.07, 6.45) is 3.41. The number of rotatable bonds is 2. The number of carbonyl (C=O) groups is 1. The standard InChI is InChI=1S/C17H19ClN4O/c18-14-4-2-1-3-13(14)15-9-16(21-20-15)17(23)22-8-7-11-5-6-12(10-22)19-11/h1-4,9,11-12,19H,5-8,10H2,(H,20,21). The number of benzene rings is 1. The van der Waals surface area contributed by atoms with Crippen LogP contribution in [0.25, 0.3) is 11.3 Å². The number of nitrogens with one attached hydrogen (secondary N) is 2. The molecule has 2 aliphatic rings. The summed E-state index contributed by atoms with van der Waals surface area (Å²) >= 11 is 6.20. The van der Waals surface area contributed by atoms with Crippen LogP contribution in [0.3, 0.4) is 0 Å². The summed E-state index contributed by atoms with van der Waals surface area (Å²) in [5.74, 6) is 0.0187. The van der Waals surface area contributed by atoms with Crippen LogP contribution in [0.1, 0.15) is 29.8 Å². The lowest BCUT2D eigenvalue weighted by Gasteiger charge is -2.23. The molecule has 6 heteroatoms. The molecule has 0 spiro atoms. The van der Waals surface area contributed by atoms with E-state index in [1.54, 1.807) is 6.07 Å². The summed E-state index contributed by atoms with van der Waals surface area (Å²) in [4.78, 5) is 14.7. The van der Waals surface area contributed by atoms with E-state index in [-0.39, 0.29) is 5.91 Å². The molecule has 4 rings (SSSR count). The van der Waals surface area contributed by atoms with Gasteiger partial charge in [0.1, 0.15) is 5.69 Å². The second-order valence-electron chi connectivity index (χ2n) is 6.32. The average molecular weight is 331 g/mol. The molecule has 2 aromatic rings. The number of fused-ring (bicyclic) bond motifs is 2. The Labute approximate surface area is 140 Å². The highest BCUT2D eigenvalue weighted by atomic mass is 35.5. The van der Waals surface area contributed by atoms with E-state index >= 15 is 0 Å². The van der Waals surface area contributed by atoms with Gasteiger partial charge in [-0.15, -0.1) is 0 Å². The maximum Gasteiger partial charge on any atom is 0.271 e. The number of carbonyl (C=O) groups excluding carboxylic acids is 1. The molecule has 1 aromatic heterocycles. The summed E-state index contributed by atoms with van der Waals surface area (Å²) in [7, 11) is 0. The highest BCUT2D eigenvalue weighted by Gasteiger charge is 2.32. The van der Waals surface area contributed by atoms with E-state index in [2.05, 4.69) is 15.5 Å². The fourth-order valence-electron chi connectivity index (χ4n) is 3.54. The second kappa shape index (κ2) is 5.98. The van der Waals surface area contributed by atoms with Crippen molar-refractivity contribution in [3.63, 3.8) is 0 Å². The first-order valence-electron chi connectivity index (χ1n) is 8.06. The lowest BCUT2D eigenvalue weighted by atomic mass is 10.1. The molecular weight excluding hydrogens is 312 g/mol. The third kappa shape index (κ3) is 2.86. The number of likely N-dealkylation sites (tertiary alicyclic amines) is 1. The zero-order chi connectivity index (χ0) is 15.8. The Balaban J connectivity index is 1.54. The van der Waals surface area contributed by atoms with Crippen LogP contribution in [0.15, 0.2) is 30.3 Å². The van der Waals surface area contributed by atoms with Crippen LogP contribution in [-0.2, 0) is 0 Å². The molecule has 1 aromatic carbocycles. The van der Waals surface area contributed by atoms with Gasteiger partial charge >= 0.3 is 0 Å².